The fourth-order valence-corrected chi connectivity index (χ4v) is 0.559. The molecular weight excluding hydrogens is 136 g/mol. The Bertz CT molecular complexity index is 110. The minimum absolute atomic E-state index is 0.0463. The minimum Gasteiger partial charge on any atom is -0.480 e. The Balaban J connectivity index is 3.78. The number of ether oxygens (including phenoxy) is 1. The Morgan fingerprint density at radius 1 is 1.67 bits per heavy atom. The number of thioether (sulfide) groups is 1. The van der Waals surface area contributed by atoms with Crippen molar-refractivity contribution >= 4 is 11.8 Å². The van der Waals surface area contributed by atoms with E-state index in [1.54, 1.807) is 0 Å². The second kappa shape index (κ2) is 4.56. The smallest absolute Gasteiger partial charge is 0.286 e. The largest absolute Gasteiger partial charge is 0.480 e. The van der Waals surface area contributed by atoms with Gasteiger partial charge >= 0.3 is 0 Å². The summed E-state index contributed by atoms with van der Waals surface area (Å²) in [5, 5.41) is 8.95. The van der Waals surface area contributed by atoms with E-state index in [-0.39, 0.29) is 5.95 Å². The van der Waals surface area contributed by atoms with Crippen molar-refractivity contribution in [2.75, 3.05) is 12.9 Å². The molecule has 0 saturated carbocycles. The first-order valence-electron chi connectivity index (χ1n) is 2.79. The number of hydrogen-bond donors (Lipinski definition) is 1. The highest BCUT2D eigenvalue weighted by atomic mass is 32.2. The fourth-order valence-electron chi connectivity index (χ4n) is 0.326. The Morgan fingerprint density at radius 2 is 2.22 bits per heavy atom. The molecule has 0 rings (SSSR count). The van der Waals surface area contributed by atoms with E-state index in [0.29, 0.717) is 6.61 Å². The molecule has 0 fully saturated rings. The predicted octanol–water partition coefficient (Wildman–Crippen LogP) is 2.13. The molecule has 0 radical (unpaired) electrons. The van der Waals surface area contributed by atoms with Gasteiger partial charge in [0.25, 0.3) is 5.95 Å². The fraction of sp³-hybridized carbons (Fsp3) is 0.667. The molecule has 0 aromatic rings. The Labute approximate surface area is 59.9 Å². The summed E-state index contributed by atoms with van der Waals surface area (Å²) in [6.45, 7) is 4.17. The number of aliphatic hydroxyl groups is 1. The highest BCUT2D eigenvalue weighted by Gasteiger charge is 1.96. The summed E-state index contributed by atoms with van der Waals surface area (Å²) in [5.41, 5.74) is 0. The van der Waals surface area contributed by atoms with E-state index >= 15 is 0 Å². The van der Waals surface area contributed by atoms with Crippen LogP contribution in [0.4, 0.5) is 0 Å². The van der Waals surface area contributed by atoms with Crippen molar-refractivity contribution in [1.82, 2.24) is 0 Å². The summed E-state index contributed by atoms with van der Waals surface area (Å²) in [7, 11) is 0. The van der Waals surface area contributed by atoms with Crippen LogP contribution < -0.4 is 0 Å². The van der Waals surface area contributed by atoms with Gasteiger partial charge in [0.1, 0.15) is 0 Å². The highest BCUT2D eigenvalue weighted by Crippen LogP contribution is 2.13. The summed E-state index contributed by atoms with van der Waals surface area (Å²) < 4.78 is 4.81. The molecule has 0 spiro atoms. The Kier molecular flexibility index (Phi) is 4.40. The molecule has 0 saturated heterocycles. The zero-order valence-corrected chi connectivity index (χ0v) is 6.79. The lowest BCUT2D eigenvalue weighted by atomic mass is 10.7. The van der Waals surface area contributed by atoms with Gasteiger partial charge in [-0.25, -0.2) is 0 Å². The van der Waals surface area contributed by atoms with E-state index in [1.807, 2.05) is 20.1 Å². The van der Waals surface area contributed by atoms with Crippen LogP contribution in [0, 0.1) is 0 Å². The molecule has 0 aliphatic heterocycles. The van der Waals surface area contributed by atoms with Gasteiger partial charge in [0, 0.05) is 0 Å². The maximum absolute atomic E-state index is 8.95. The van der Waals surface area contributed by atoms with Crippen molar-refractivity contribution in [3.8, 4) is 0 Å². The standard InChI is InChI=1S/C6H12O2S/c1-4-8-6(7)5(2)9-3/h7H,4H2,1-3H3/b6-5+. The Morgan fingerprint density at radius 3 is 2.56 bits per heavy atom. The number of rotatable bonds is 3. The third kappa shape index (κ3) is 3.30. The molecular formula is C6H12O2S. The topological polar surface area (TPSA) is 29.5 Å². The van der Waals surface area contributed by atoms with Gasteiger partial charge in [-0.1, -0.05) is 0 Å². The van der Waals surface area contributed by atoms with Gasteiger partial charge in [0.05, 0.1) is 11.5 Å². The van der Waals surface area contributed by atoms with Crippen molar-refractivity contribution < 1.29 is 9.84 Å². The molecule has 0 aliphatic rings. The monoisotopic (exact) mass is 148 g/mol. The Hall–Kier alpha value is -0.310. The lowest BCUT2D eigenvalue weighted by Gasteiger charge is -2.02. The normalized spacial score (nSPS) is 12.8. The third-order valence-corrected chi connectivity index (χ3v) is 1.68. The van der Waals surface area contributed by atoms with Crippen LogP contribution in [-0.4, -0.2) is 18.0 Å². The lowest BCUT2D eigenvalue weighted by Crippen LogP contribution is -1.91. The molecule has 3 heteroatoms. The first-order valence-corrected chi connectivity index (χ1v) is 4.01. The average molecular weight is 148 g/mol. The van der Waals surface area contributed by atoms with Gasteiger partial charge in [-0.2, -0.15) is 0 Å². The van der Waals surface area contributed by atoms with Crippen molar-refractivity contribution in [2.24, 2.45) is 0 Å². The minimum atomic E-state index is 0.0463. The van der Waals surface area contributed by atoms with Crippen LogP contribution in [0.15, 0.2) is 10.9 Å². The number of aliphatic hydroxyl groups excluding tert-OH is 1. The maximum atomic E-state index is 8.95. The summed E-state index contributed by atoms with van der Waals surface area (Å²) in [5.74, 6) is 0.0463. The summed E-state index contributed by atoms with van der Waals surface area (Å²) in [4.78, 5) is 0.817. The molecule has 0 aromatic carbocycles. The molecule has 0 atom stereocenters. The highest BCUT2D eigenvalue weighted by molar-refractivity contribution is 8.02. The van der Waals surface area contributed by atoms with Crippen LogP contribution >= 0.6 is 11.8 Å². The van der Waals surface area contributed by atoms with Crippen LogP contribution in [0.2, 0.25) is 0 Å². The molecule has 1 N–H and O–H groups in total. The van der Waals surface area contributed by atoms with Crippen LogP contribution in [0.5, 0.6) is 0 Å². The first-order chi connectivity index (χ1) is 4.22. The quantitative estimate of drug-likeness (QED) is 0.622. The summed E-state index contributed by atoms with van der Waals surface area (Å²) in [6, 6.07) is 0. The lowest BCUT2D eigenvalue weighted by molar-refractivity contribution is 0.101. The SMILES string of the molecule is CCO/C(O)=C(\C)SC. The molecule has 0 amide bonds. The number of hydrogen-bond acceptors (Lipinski definition) is 3. The molecule has 0 unspecified atom stereocenters. The van der Waals surface area contributed by atoms with Crippen LogP contribution in [0.25, 0.3) is 0 Å². The van der Waals surface area contributed by atoms with E-state index in [4.69, 9.17) is 9.84 Å². The van der Waals surface area contributed by atoms with E-state index < -0.39 is 0 Å². The van der Waals surface area contributed by atoms with Crippen molar-refractivity contribution in [3.05, 3.63) is 10.9 Å². The summed E-state index contributed by atoms with van der Waals surface area (Å²) >= 11 is 1.48. The molecule has 0 aliphatic carbocycles. The average Bonchev–Trinajstić information content (AvgIpc) is 1.87. The molecule has 0 heterocycles. The van der Waals surface area contributed by atoms with Crippen molar-refractivity contribution in [2.45, 2.75) is 13.8 Å². The van der Waals surface area contributed by atoms with Gasteiger partial charge in [0.2, 0.25) is 0 Å². The van der Waals surface area contributed by atoms with Crippen molar-refractivity contribution in [3.63, 3.8) is 0 Å². The van der Waals surface area contributed by atoms with Gasteiger partial charge in [-0.3, -0.25) is 0 Å². The zero-order valence-electron chi connectivity index (χ0n) is 5.97. The second-order valence-electron chi connectivity index (χ2n) is 1.50. The van der Waals surface area contributed by atoms with Gasteiger partial charge in [0.15, 0.2) is 0 Å². The maximum Gasteiger partial charge on any atom is 0.286 e. The van der Waals surface area contributed by atoms with E-state index in [2.05, 4.69) is 0 Å². The number of allylic oxidation sites excluding steroid dienone is 1. The van der Waals surface area contributed by atoms with Gasteiger partial charge in [-0.15, -0.1) is 11.8 Å². The van der Waals surface area contributed by atoms with Gasteiger partial charge in [-0.05, 0) is 20.1 Å². The van der Waals surface area contributed by atoms with E-state index in [1.165, 1.54) is 11.8 Å². The zero-order chi connectivity index (χ0) is 7.28. The molecule has 0 aromatic heterocycles. The second-order valence-corrected chi connectivity index (χ2v) is 2.52. The molecule has 2 nitrogen and oxygen atoms in total. The van der Waals surface area contributed by atoms with Crippen LogP contribution in [0.1, 0.15) is 13.8 Å². The van der Waals surface area contributed by atoms with Crippen molar-refractivity contribution in [1.29, 1.82) is 0 Å². The van der Waals surface area contributed by atoms with Gasteiger partial charge < -0.3 is 9.84 Å². The first kappa shape index (κ1) is 8.69. The van der Waals surface area contributed by atoms with Crippen LogP contribution in [0.3, 0.4) is 0 Å². The van der Waals surface area contributed by atoms with Crippen LogP contribution in [-0.2, 0) is 4.74 Å². The predicted molar refractivity (Wildman–Crippen MR) is 40.5 cm³/mol. The summed E-state index contributed by atoms with van der Waals surface area (Å²) in [6.07, 6.45) is 1.89. The van der Waals surface area contributed by atoms with E-state index in [9.17, 15) is 0 Å². The molecule has 0 bridgehead atoms. The third-order valence-electron chi connectivity index (χ3n) is 0.888. The molecule has 9 heavy (non-hydrogen) atoms. The molecule has 54 valence electrons. The van der Waals surface area contributed by atoms with E-state index in [0.717, 1.165) is 4.91 Å².